The Labute approximate surface area is 149 Å². The van der Waals surface area contributed by atoms with Gasteiger partial charge in [-0.25, -0.2) is 0 Å². The zero-order chi connectivity index (χ0) is 17.1. The molecule has 5 nitrogen and oxygen atoms in total. The standard InChI is InChI=1S/C19H17NO4S/c21-19(15-3-4-17-18(10-15)24-13-23-17)20(11-14-6-8-22-12-14)7-5-16-2-1-9-25-16/h1-4,6,8-10,12H,5,7,11,13H2. The molecule has 128 valence electrons. The average molecular weight is 355 g/mol. The molecule has 1 aromatic carbocycles. The Balaban J connectivity index is 1.54. The molecule has 0 bridgehead atoms. The molecule has 0 aliphatic carbocycles. The first-order valence-electron chi connectivity index (χ1n) is 8.02. The molecule has 1 aliphatic heterocycles. The van der Waals surface area contributed by atoms with E-state index in [9.17, 15) is 4.79 Å². The lowest BCUT2D eigenvalue weighted by molar-refractivity contribution is 0.0744. The normalized spacial score (nSPS) is 12.3. The summed E-state index contributed by atoms with van der Waals surface area (Å²) < 4.78 is 15.8. The number of rotatable bonds is 6. The molecule has 6 heteroatoms. The van der Waals surface area contributed by atoms with Crippen molar-refractivity contribution in [2.24, 2.45) is 0 Å². The molecule has 3 heterocycles. The maximum Gasteiger partial charge on any atom is 0.254 e. The van der Waals surface area contributed by atoms with Crippen LogP contribution in [0.1, 0.15) is 20.8 Å². The summed E-state index contributed by atoms with van der Waals surface area (Å²) in [6.45, 7) is 1.35. The van der Waals surface area contributed by atoms with Crippen LogP contribution in [0.25, 0.3) is 0 Å². The van der Waals surface area contributed by atoms with Crippen LogP contribution in [0, 0.1) is 0 Å². The SMILES string of the molecule is O=C(c1ccc2c(c1)OCO2)N(CCc1cccs1)Cc1ccoc1. The molecule has 0 unspecified atom stereocenters. The van der Waals surface area contributed by atoms with Crippen LogP contribution in [0.5, 0.6) is 11.5 Å². The minimum atomic E-state index is -0.0314. The zero-order valence-corrected chi connectivity index (χ0v) is 14.3. The lowest BCUT2D eigenvalue weighted by Crippen LogP contribution is -2.32. The van der Waals surface area contributed by atoms with Gasteiger partial charge in [0.15, 0.2) is 11.5 Å². The number of amides is 1. The third-order valence-electron chi connectivity index (χ3n) is 4.07. The number of benzene rings is 1. The summed E-state index contributed by atoms with van der Waals surface area (Å²) >= 11 is 1.70. The van der Waals surface area contributed by atoms with E-state index in [1.165, 1.54) is 4.88 Å². The summed E-state index contributed by atoms with van der Waals surface area (Å²) in [5.41, 5.74) is 1.57. The third kappa shape index (κ3) is 3.53. The minimum absolute atomic E-state index is 0.0314. The van der Waals surface area contributed by atoms with Gasteiger partial charge in [-0.2, -0.15) is 0 Å². The molecular formula is C19H17NO4S. The summed E-state index contributed by atoms with van der Waals surface area (Å²) in [4.78, 5) is 16.1. The maximum absolute atomic E-state index is 13.0. The summed E-state index contributed by atoms with van der Waals surface area (Å²) in [6.07, 6.45) is 4.12. The summed E-state index contributed by atoms with van der Waals surface area (Å²) in [5.74, 6) is 1.26. The second kappa shape index (κ2) is 7.03. The largest absolute Gasteiger partial charge is 0.472 e. The van der Waals surface area contributed by atoms with Gasteiger partial charge in [0.05, 0.1) is 12.5 Å². The molecule has 0 saturated carbocycles. The maximum atomic E-state index is 13.0. The highest BCUT2D eigenvalue weighted by atomic mass is 32.1. The molecule has 25 heavy (non-hydrogen) atoms. The van der Waals surface area contributed by atoms with Gasteiger partial charge < -0.3 is 18.8 Å². The van der Waals surface area contributed by atoms with E-state index in [-0.39, 0.29) is 12.7 Å². The van der Waals surface area contributed by atoms with E-state index >= 15 is 0 Å². The number of hydrogen-bond acceptors (Lipinski definition) is 5. The van der Waals surface area contributed by atoms with E-state index in [0.29, 0.717) is 30.2 Å². The first-order chi connectivity index (χ1) is 12.3. The van der Waals surface area contributed by atoms with Crippen LogP contribution in [0.4, 0.5) is 0 Å². The van der Waals surface area contributed by atoms with Crippen molar-refractivity contribution in [3.05, 3.63) is 70.3 Å². The van der Waals surface area contributed by atoms with Crippen molar-refractivity contribution in [3.8, 4) is 11.5 Å². The van der Waals surface area contributed by atoms with Crippen LogP contribution in [0.3, 0.4) is 0 Å². The van der Waals surface area contributed by atoms with Crippen molar-refractivity contribution >= 4 is 17.2 Å². The van der Waals surface area contributed by atoms with E-state index < -0.39 is 0 Å². The number of ether oxygens (including phenoxy) is 2. The fourth-order valence-corrected chi connectivity index (χ4v) is 3.47. The first-order valence-corrected chi connectivity index (χ1v) is 8.90. The van der Waals surface area contributed by atoms with Crippen LogP contribution in [0.15, 0.2) is 58.7 Å². The van der Waals surface area contributed by atoms with Crippen LogP contribution in [-0.2, 0) is 13.0 Å². The lowest BCUT2D eigenvalue weighted by atomic mass is 10.1. The summed E-state index contributed by atoms with van der Waals surface area (Å²) in [6, 6.07) is 11.3. The van der Waals surface area contributed by atoms with Gasteiger partial charge in [-0.15, -0.1) is 11.3 Å². The molecule has 0 atom stereocenters. The predicted octanol–water partition coefficient (Wildman–Crippen LogP) is 3.95. The molecule has 0 fully saturated rings. The highest BCUT2D eigenvalue weighted by Crippen LogP contribution is 2.33. The highest BCUT2D eigenvalue weighted by molar-refractivity contribution is 7.09. The second-order valence-electron chi connectivity index (χ2n) is 5.76. The van der Waals surface area contributed by atoms with Crippen molar-refractivity contribution in [2.45, 2.75) is 13.0 Å². The van der Waals surface area contributed by atoms with Crippen molar-refractivity contribution < 1.29 is 18.7 Å². The number of thiophene rings is 1. The summed E-state index contributed by atoms with van der Waals surface area (Å²) in [7, 11) is 0. The topological polar surface area (TPSA) is 51.9 Å². The van der Waals surface area contributed by atoms with E-state index in [0.717, 1.165) is 12.0 Å². The van der Waals surface area contributed by atoms with E-state index in [1.807, 2.05) is 17.0 Å². The molecular weight excluding hydrogens is 338 g/mol. The van der Waals surface area contributed by atoms with E-state index in [2.05, 4.69) is 11.4 Å². The molecule has 1 amide bonds. The molecule has 1 aliphatic rings. The molecule has 0 N–H and O–H groups in total. The number of nitrogens with zero attached hydrogens (tertiary/aromatic N) is 1. The average Bonchev–Trinajstić information content (AvgIpc) is 3.39. The van der Waals surface area contributed by atoms with Crippen LogP contribution in [0.2, 0.25) is 0 Å². The number of hydrogen-bond donors (Lipinski definition) is 0. The Hall–Kier alpha value is -2.73. The fraction of sp³-hybridized carbons (Fsp3) is 0.211. The number of fused-ring (bicyclic) bond motifs is 1. The number of furan rings is 1. The van der Waals surface area contributed by atoms with Gasteiger partial charge >= 0.3 is 0 Å². The van der Waals surface area contributed by atoms with Crippen LogP contribution in [-0.4, -0.2) is 24.1 Å². The van der Waals surface area contributed by atoms with Crippen LogP contribution < -0.4 is 9.47 Å². The quantitative estimate of drug-likeness (QED) is 0.672. The monoisotopic (exact) mass is 355 g/mol. The molecule has 4 rings (SSSR count). The molecule has 0 spiro atoms. The van der Waals surface area contributed by atoms with Gasteiger partial charge in [-0.3, -0.25) is 4.79 Å². The fourth-order valence-electron chi connectivity index (χ4n) is 2.77. The van der Waals surface area contributed by atoms with Gasteiger partial charge in [0.1, 0.15) is 0 Å². The van der Waals surface area contributed by atoms with Gasteiger partial charge in [0.25, 0.3) is 5.91 Å². The molecule has 0 saturated heterocycles. The lowest BCUT2D eigenvalue weighted by Gasteiger charge is -2.22. The van der Waals surface area contributed by atoms with Crippen molar-refractivity contribution in [1.82, 2.24) is 4.90 Å². The Kier molecular flexibility index (Phi) is 4.43. The van der Waals surface area contributed by atoms with Crippen molar-refractivity contribution in [1.29, 1.82) is 0 Å². The van der Waals surface area contributed by atoms with Crippen LogP contribution >= 0.6 is 11.3 Å². The Morgan fingerprint density at radius 3 is 2.88 bits per heavy atom. The summed E-state index contributed by atoms with van der Waals surface area (Å²) in [5, 5.41) is 2.05. The molecule has 2 aromatic heterocycles. The third-order valence-corrected chi connectivity index (χ3v) is 5.00. The second-order valence-corrected chi connectivity index (χ2v) is 6.79. The van der Waals surface area contributed by atoms with Gasteiger partial charge in [-0.1, -0.05) is 6.07 Å². The van der Waals surface area contributed by atoms with Gasteiger partial charge in [-0.05, 0) is 42.1 Å². The highest BCUT2D eigenvalue weighted by Gasteiger charge is 2.21. The smallest absolute Gasteiger partial charge is 0.254 e. The van der Waals surface area contributed by atoms with E-state index in [4.69, 9.17) is 13.9 Å². The predicted molar refractivity (Wildman–Crippen MR) is 94.0 cm³/mol. The Bertz CT molecular complexity index is 842. The number of carbonyl (C=O) groups excluding carboxylic acids is 1. The van der Waals surface area contributed by atoms with Gasteiger partial charge in [0, 0.05) is 29.1 Å². The molecule has 0 radical (unpaired) electrons. The molecule has 3 aromatic rings. The van der Waals surface area contributed by atoms with E-state index in [1.54, 1.807) is 42.1 Å². The first kappa shape index (κ1) is 15.8. The number of carbonyl (C=O) groups is 1. The van der Waals surface area contributed by atoms with Gasteiger partial charge in [0.2, 0.25) is 6.79 Å². The Morgan fingerprint density at radius 1 is 1.16 bits per heavy atom. The Morgan fingerprint density at radius 2 is 2.08 bits per heavy atom. The van der Waals surface area contributed by atoms with Crippen molar-refractivity contribution in [2.75, 3.05) is 13.3 Å². The van der Waals surface area contributed by atoms with Crippen molar-refractivity contribution in [3.63, 3.8) is 0 Å². The minimum Gasteiger partial charge on any atom is -0.472 e. The zero-order valence-electron chi connectivity index (χ0n) is 13.5.